The number of carbonyl (C=O) groups is 1. The number of furan rings is 1. The molecule has 0 aliphatic heterocycles. The molecule has 1 atom stereocenters. The van der Waals surface area contributed by atoms with Crippen LogP contribution in [0.5, 0.6) is 0 Å². The van der Waals surface area contributed by atoms with Gasteiger partial charge >= 0.3 is 5.97 Å². The molecule has 0 spiro atoms. The first kappa shape index (κ1) is 9.28. The van der Waals surface area contributed by atoms with Crippen LogP contribution in [0.2, 0.25) is 0 Å². The van der Waals surface area contributed by atoms with Crippen molar-refractivity contribution in [1.82, 2.24) is 0 Å². The number of carboxylic acids is 1. The molecule has 0 saturated carbocycles. The molecule has 0 aromatic carbocycles. The first-order chi connectivity index (χ1) is 5.65. The molecule has 2 N–H and O–H groups in total. The van der Waals surface area contributed by atoms with E-state index in [1.807, 2.05) is 0 Å². The quantitative estimate of drug-likeness (QED) is 0.825. The summed E-state index contributed by atoms with van der Waals surface area (Å²) in [7, 11) is 0. The molecule has 12 heavy (non-hydrogen) atoms. The molecule has 66 valence electrons. The van der Waals surface area contributed by atoms with E-state index >= 15 is 0 Å². The highest BCUT2D eigenvalue weighted by atomic mass is 79.9. The van der Waals surface area contributed by atoms with Gasteiger partial charge in [-0.15, -0.1) is 0 Å². The number of halogens is 1. The van der Waals surface area contributed by atoms with Gasteiger partial charge in [0.15, 0.2) is 4.67 Å². The number of aliphatic hydroxyl groups is 1. The summed E-state index contributed by atoms with van der Waals surface area (Å²) >= 11 is 3.04. The van der Waals surface area contributed by atoms with Crippen LogP contribution < -0.4 is 0 Å². The van der Waals surface area contributed by atoms with Crippen LogP contribution in [-0.4, -0.2) is 22.8 Å². The highest BCUT2D eigenvalue weighted by Crippen LogP contribution is 2.21. The van der Waals surface area contributed by atoms with Gasteiger partial charge in [0.1, 0.15) is 11.7 Å². The molecule has 1 unspecified atom stereocenters. The lowest BCUT2D eigenvalue weighted by atomic mass is 10.1. The average molecular weight is 235 g/mol. The van der Waals surface area contributed by atoms with Gasteiger partial charge in [0, 0.05) is 0 Å². The van der Waals surface area contributed by atoms with Gasteiger partial charge in [-0.05, 0) is 28.1 Å². The van der Waals surface area contributed by atoms with Gasteiger partial charge in [-0.25, -0.2) is 0 Å². The van der Waals surface area contributed by atoms with Crippen LogP contribution in [0.1, 0.15) is 11.7 Å². The smallest absolute Gasteiger partial charge is 0.316 e. The van der Waals surface area contributed by atoms with Crippen LogP contribution in [0.15, 0.2) is 21.2 Å². The molecule has 1 rings (SSSR count). The van der Waals surface area contributed by atoms with Gasteiger partial charge in [0.25, 0.3) is 0 Å². The number of aliphatic hydroxyl groups excluding tert-OH is 1. The van der Waals surface area contributed by atoms with Crippen molar-refractivity contribution in [3.05, 3.63) is 22.6 Å². The normalized spacial score (nSPS) is 12.8. The van der Waals surface area contributed by atoms with Crippen molar-refractivity contribution in [1.29, 1.82) is 0 Å². The molecule has 1 aromatic rings. The van der Waals surface area contributed by atoms with E-state index in [9.17, 15) is 4.79 Å². The van der Waals surface area contributed by atoms with Gasteiger partial charge in [0.05, 0.1) is 6.61 Å². The highest BCUT2D eigenvalue weighted by molar-refractivity contribution is 9.10. The van der Waals surface area contributed by atoms with E-state index in [2.05, 4.69) is 15.9 Å². The first-order valence-corrected chi connectivity index (χ1v) is 4.03. The SMILES string of the molecule is O=C(O)C(CO)c1ccc(Br)o1. The molecular weight excluding hydrogens is 228 g/mol. The molecule has 4 nitrogen and oxygen atoms in total. The molecule has 0 saturated heterocycles. The molecule has 0 radical (unpaired) electrons. The number of hydrogen-bond acceptors (Lipinski definition) is 3. The number of carboxylic acid groups (broad SMARTS) is 1. The van der Waals surface area contributed by atoms with Crippen LogP contribution in [0.4, 0.5) is 0 Å². The van der Waals surface area contributed by atoms with Crippen LogP contribution in [0, 0.1) is 0 Å². The Morgan fingerprint density at radius 3 is 2.67 bits per heavy atom. The average Bonchev–Trinajstić information content (AvgIpc) is 2.37. The van der Waals surface area contributed by atoms with Crippen molar-refractivity contribution in [2.75, 3.05) is 6.61 Å². The van der Waals surface area contributed by atoms with E-state index in [4.69, 9.17) is 14.6 Å². The number of hydrogen-bond donors (Lipinski definition) is 2. The van der Waals surface area contributed by atoms with Gasteiger partial charge in [0.2, 0.25) is 0 Å². The number of aliphatic carboxylic acids is 1. The minimum Gasteiger partial charge on any atom is -0.481 e. The predicted octanol–water partition coefficient (Wildman–Crippen LogP) is 1.20. The van der Waals surface area contributed by atoms with Crippen LogP contribution in [-0.2, 0) is 4.79 Å². The second-order valence-electron chi connectivity index (χ2n) is 2.22. The Kier molecular flexibility index (Phi) is 2.88. The van der Waals surface area contributed by atoms with Gasteiger partial charge < -0.3 is 14.6 Å². The second kappa shape index (κ2) is 3.73. The maximum absolute atomic E-state index is 10.5. The third kappa shape index (κ3) is 1.86. The Hall–Kier alpha value is -0.810. The zero-order valence-corrected chi connectivity index (χ0v) is 7.61. The van der Waals surface area contributed by atoms with Crippen molar-refractivity contribution in [3.63, 3.8) is 0 Å². The third-order valence-electron chi connectivity index (χ3n) is 1.42. The van der Waals surface area contributed by atoms with E-state index in [1.54, 1.807) is 6.07 Å². The summed E-state index contributed by atoms with van der Waals surface area (Å²) in [6, 6.07) is 3.10. The van der Waals surface area contributed by atoms with E-state index in [0.29, 0.717) is 4.67 Å². The largest absolute Gasteiger partial charge is 0.481 e. The fourth-order valence-electron chi connectivity index (χ4n) is 0.805. The second-order valence-corrected chi connectivity index (χ2v) is 3.00. The summed E-state index contributed by atoms with van der Waals surface area (Å²) < 4.78 is 5.43. The molecule has 0 fully saturated rings. The molecule has 0 aliphatic carbocycles. The molecule has 1 heterocycles. The Labute approximate surface area is 76.9 Å². The van der Waals surface area contributed by atoms with Crippen molar-refractivity contribution in [2.45, 2.75) is 5.92 Å². The van der Waals surface area contributed by atoms with Crippen molar-refractivity contribution < 1.29 is 19.4 Å². The van der Waals surface area contributed by atoms with Crippen molar-refractivity contribution >= 4 is 21.9 Å². The summed E-state index contributed by atoms with van der Waals surface area (Å²) in [5.41, 5.74) is 0. The molecule has 0 amide bonds. The summed E-state index contributed by atoms with van der Waals surface area (Å²) in [6.45, 7) is -0.463. The standard InChI is InChI=1S/C7H7BrO4/c8-6-2-1-5(12-6)4(3-9)7(10)11/h1-2,4,9H,3H2,(H,10,11). The van der Waals surface area contributed by atoms with E-state index < -0.39 is 18.5 Å². The van der Waals surface area contributed by atoms with Gasteiger partial charge in [-0.2, -0.15) is 0 Å². The Morgan fingerprint density at radius 1 is 1.67 bits per heavy atom. The number of rotatable bonds is 3. The van der Waals surface area contributed by atoms with Crippen LogP contribution >= 0.6 is 15.9 Å². The lowest BCUT2D eigenvalue weighted by molar-refractivity contribution is -0.140. The summed E-state index contributed by atoms with van der Waals surface area (Å²) in [6.07, 6.45) is 0. The summed E-state index contributed by atoms with van der Waals surface area (Å²) in [5, 5.41) is 17.3. The van der Waals surface area contributed by atoms with Gasteiger partial charge in [-0.1, -0.05) is 0 Å². The Balaban J connectivity index is 2.87. The maximum Gasteiger partial charge on any atom is 0.316 e. The van der Waals surface area contributed by atoms with Crippen molar-refractivity contribution in [2.24, 2.45) is 0 Å². The minimum atomic E-state index is -1.10. The topological polar surface area (TPSA) is 70.7 Å². The Bertz CT molecular complexity index is 281. The molecule has 0 bridgehead atoms. The highest BCUT2D eigenvalue weighted by Gasteiger charge is 2.21. The monoisotopic (exact) mass is 234 g/mol. The third-order valence-corrected chi connectivity index (χ3v) is 1.84. The lowest BCUT2D eigenvalue weighted by Gasteiger charge is -2.03. The zero-order valence-electron chi connectivity index (χ0n) is 6.03. The van der Waals surface area contributed by atoms with E-state index in [0.717, 1.165) is 0 Å². The van der Waals surface area contributed by atoms with Crippen molar-refractivity contribution in [3.8, 4) is 0 Å². The predicted molar refractivity (Wildman–Crippen MR) is 43.9 cm³/mol. The van der Waals surface area contributed by atoms with Crippen LogP contribution in [0.3, 0.4) is 0 Å². The maximum atomic E-state index is 10.5. The van der Waals surface area contributed by atoms with Crippen LogP contribution in [0.25, 0.3) is 0 Å². The molecule has 5 heteroatoms. The van der Waals surface area contributed by atoms with E-state index in [-0.39, 0.29) is 5.76 Å². The van der Waals surface area contributed by atoms with E-state index in [1.165, 1.54) is 6.07 Å². The summed E-state index contributed by atoms with van der Waals surface area (Å²) in [4.78, 5) is 10.5. The summed E-state index contributed by atoms with van der Waals surface area (Å²) in [5.74, 6) is -1.83. The molecular formula is C7H7BrO4. The van der Waals surface area contributed by atoms with Gasteiger partial charge in [-0.3, -0.25) is 4.79 Å². The fraction of sp³-hybridized carbons (Fsp3) is 0.286. The fourth-order valence-corrected chi connectivity index (χ4v) is 1.12. The minimum absolute atomic E-state index is 0.247. The molecule has 1 aromatic heterocycles. The first-order valence-electron chi connectivity index (χ1n) is 3.24. The Morgan fingerprint density at radius 2 is 2.33 bits per heavy atom. The zero-order chi connectivity index (χ0) is 9.14. The lowest BCUT2D eigenvalue weighted by Crippen LogP contribution is -2.14. The molecule has 0 aliphatic rings.